The van der Waals surface area contributed by atoms with E-state index in [1.165, 1.54) is 0 Å². The van der Waals surface area contributed by atoms with Crippen LogP contribution in [-0.2, 0) is 0 Å². The van der Waals surface area contributed by atoms with Gasteiger partial charge in [0.2, 0.25) is 0 Å². The zero-order valence-corrected chi connectivity index (χ0v) is 9.06. The average molecular weight is 197 g/mol. The van der Waals surface area contributed by atoms with Gasteiger partial charge in [0.15, 0.2) is 0 Å². The minimum Gasteiger partial charge on any atom is -0.390 e. The maximum Gasteiger partial charge on any atom is 0.0961 e. The molecule has 0 saturated heterocycles. The maximum atomic E-state index is 9.48. The summed E-state index contributed by atoms with van der Waals surface area (Å²) in [5, 5.41) is 10.5. The normalized spacial score (nSPS) is 11.7. The van der Waals surface area contributed by atoms with Gasteiger partial charge in [0, 0.05) is 11.9 Å². The van der Waals surface area contributed by atoms with Gasteiger partial charge in [0.25, 0.3) is 0 Å². The Kier molecular flexibility index (Phi) is 3.33. The van der Waals surface area contributed by atoms with E-state index in [2.05, 4.69) is 4.98 Å². The SMILES string of the molecule is Cc1ccc(SCC(C)(C)O)nc1. The van der Waals surface area contributed by atoms with Gasteiger partial charge in [0.05, 0.1) is 10.6 Å². The first-order valence-electron chi connectivity index (χ1n) is 4.25. The van der Waals surface area contributed by atoms with E-state index in [0.29, 0.717) is 5.75 Å². The Hall–Kier alpha value is -0.540. The van der Waals surface area contributed by atoms with Crippen LogP contribution >= 0.6 is 11.8 Å². The fourth-order valence-electron chi connectivity index (χ4n) is 0.790. The van der Waals surface area contributed by atoms with Gasteiger partial charge in [-0.2, -0.15) is 0 Å². The minimum absolute atomic E-state index is 0.628. The van der Waals surface area contributed by atoms with E-state index < -0.39 is 5.60 Å². The Morgan fingerprint density at radius 2 is 2.15 bits per heavy atom. The fourth-order valence-corrected chi connectivity index (χ4v) is 1.58. The number of thioether (sulfide) groups is 1. The summed E-state index contributed by atoms with van der Waals surface area (Å²) in [6.07, 6.45) is 1.84. The lowest BCUT2D eigenvalue weighted by atomic mass is 10.2. The molecule has 13 heavy (non-hydrogen) atoms. The molecule has 1 aromatic rings. The lowest BCUT2D eigenvalue weighted by Crippen LogP contribution is -2.21. The first-order chi connectivity index (χ1) is 5.97. The summed E-state index contributed by atoms with van der Waals surface area (Å²) >= 11 is 1.57. The highest BCUT2D eigenvalue weighted by atomic mass is 32.2. The molecule has 1 rings (SSSR count). The van der Waals surface area contributed by atoms with Crippen LogP contribution in [0.1, 0.15) is 19.4 Å². The van der Waals surface area contributed by atoms with Gasteiger partial charge in [-0.25, -0.2) is 4.98 Å². The van der Waals surface area contributed by atoms with Crippen LogP contribution in [0.4, 0.5) is 0 Å². The number of aromatic nitrogens is 1. The lowest BCUT2D eigenvalue weighted by molar-refractivity contribution is 0.107. The maximum absolute atomic E-state index is 9.48. The topological polar surface area (TPSA) is 33.1 Å². The number of aryl methyl sites for hydroxylation is 1. The van der Waals surface area contributed by atoms with Crippen LogP contribution < -0.4 is 0 Å². The summed E-state index contributed by atoms with van der Waals surface area (Å²) in [6, 6.07) is 4.01. The zero-order valence-electron chi connectivity index (χ0n) is 8.24. The van der Waals surface area contributed by atoms with Gasteiger partial charge >= 0.3 is 0 Å². The molecule has 0 bridgehead atoms. The zero-order chi connectivity index (χ0) is 9.90. The highest BCUT2D eigenvalue weighted by Crippen LogP contribution is 2.20. The molecule has 0 aliphatic rings. The molecule has 72 valence electrons. The van der Waals surface area contributed by atoms with Crippen molar-refractivity contribution >= 4 is 11.8 Å². The number of rotatable bonds is 3. The van der Waals surface area contributed by atoms with Crippen LogP contribution in [0.5, 0.6) is 0 Å². The van der Waals surface area contributed by atoms with Crippen molar-refractivity contribution in [2.24, 2.45) is 0 Å². The lowest BCUT2D eigenvalue weighted by Gasteiger charge is -2.15. The molecule has 1 aromatic heterocycles. The van der Waals surface area contributed by atoms with Crippen molar-refractivity contribution in [1.82, 2.24) is 4.98 Å². The van der Waals surface area contributed by atoms with Gasteiger partial charge in [0.1, 0.15) is 0 Å². The standard InChI is InChI=1S/C10H15NOS/c1-8-4-5-9(11-6-8)13-7-10(2,3)12/h4-6,12H,7H2,1-3H3. The van der Waals surface area contributed by atoms with E-state index in [9.17, 15) is 5.11 Å². The molecule has 0 atom stereocenters. The van der Waals surface area contributed by atoms with Crippen LogP contribution in [0.25, 0.3) is 0 Å². The highest BCUT2D eigenvalue weighted by Gasteiger charge is 2.12. The monoisotopic (exact) mass is 197 g/mol. The Bertz CT molecular complexity index is 263. The quantitative estimate of drug-likeness (QED) is 0.754. The third-order valence-corrected chi connectivity index (χ3v) is 2.85. The Morgan fingerprint density at radius 1 is 1.46 bits per heavy atom. The number of aliphatic hydroxyl groups is 1. The molecule has 1 N–H and O–H groups in total. The first-order valence-corrected chi connectivity index (χ1v) is 5.24. The summed E-state index contributed by atoms with van der Waals surface area (Å²) in [7, 11) is 0. The molecule has 0 amide bonds. The van der Waals surface area contributed by atoms with E-state index >= 15 is 0 Å². The van der Waals surface area contributed by atoms with Crippen LogP contribution in [0.15, 0.2) is 23.4 Å². The Labute approximate surface area is 83.4 Å². The molecular weight excluding hydrogens is 182 g/mol. The minimum atomic E-state index is -0.628. The molecule has 0 fully saturated rings. The van der Waals surface area contributed by atoms with Crippen molar-refractivity contribution in [2.45, 2.75) is 31.4 Å². The summed E-state index contributed by atoms with van der Waals surface area (Å²) in [4.78, 5) is 4.23. The van der Waals surface area contributed by atoms with Crippen LogP contribution in [-0.4, -0.2) is 21.4 Å². The van der Waals surface area contributed by atoms with E-state index in [1.807, 2.05) is 25.3 Å². The molecular formula is C10H15NOS. The second-order valence-corrected chi connectivity index (χ2v) is 4.77. The van der Waals surface area contributed by atoms with Gasteiger partial charge < -0.3 is 5.11 Å². The summed E-state index contributed by atoms with van der Waals surface area (Å²) in [5.74, 6) is 0.670. The second kappa shape index (κ2) is 4.11. The smallest absolute Gasteiger partial charge is 0.0961 e. The highest BCUT2D eigenvalue weighted by molar-refractivity contribution is 7.99. The van der Waals surface area contributed by atoms with Crippen molar-refractivity contribution in [2.75, 3.05) is 5.75 Å². The third kappa shape index (κ3) is 4.29. The molecule has 0 aliphatic carbocycles. The van der Waals surface area contributed by atoms with Crippen molar-refractivity contribution in [3.8, 4) is 0 Å². The molecule has 0 aromatic carbocycles. The van der Waals surface area contributed by atoms with Gasteiger partial charge in [-0.1, -0.05) is 6.07 Å². The molecule has 0 radical (unpaired) electrons. The second-order valence-electron chi connectivity index (χ2n) is 3.77. The van der Waals surface area contributed by atoms with Gasteiger partial charge in [-0.15, -0.1) is 11.8 Å². The van der Waals surface area contributed by atoms with Gasteiger partial charge in [-0.3, -0.25) is 0 Å². The van der Waals surface area contributed by atoms with Crippen molar-refractivity contribution in [1.29, 1.82) is 0 Å². The largest absolute Gasteiger partial charge is 0.390 e. The van der Waals surface area contributed by atoms with E-state index in [0.717, 1.165) is 10.6 Å². The van der Waals surface area contributed by atoms with Gasteiger partial charge in [-0.05, 0) is 32.4 Å². The van der Waals surface area contributed by atoms with E-state index in [-0.39, 0.29) is 0 Å². The summed E-state index contributed by atoms with van der Waals surface area (Å²) in [5.41, 5.74) is 0.532. The number of pyridine rings is 1. The Balaban J connectivity index is 2.51. The van der Waals surface area contributed by atoms with Crippen molar-refractivity contribution in [3.05, 3.63) is 23.9 Å². The summed E-state index contributed by atoms with van der Waals surface area (Å²) < 4.78 is 0. The van der Waals surface area contributed by atoms with Crippen LogP contribution in [0.2, 0.25) is 0 Å². The molecule has 0 saturated carbocycles. The molecule has 2 nitrogen and oxygen atoms in total. The van der Waals surface area contributed by atoms with Crippen LogP contribution in [0.3, 0.4) is 0 Å². The molecule has 1 heterocycles. The summed E-state index contributed by atoms with van der Waals surface area (Å²) in [6.45, 7) is 5.61. The Morgan fingerprint density at radius 3 is 2.62 bits per heavy atom. The molecule has 0 unspecified atom stereocenters. The fraction of sp³-hybridized carbons (Fsp3) is 0.500. The van der Waals surface area contributed by atoms with Crippen molar-refractivity contribution < 1.29 is 5.11 Å². The van der Waals surface area contributed by atoms with Crippen LogP contribution in [0, 0.1) is 6.92 Å². The van der Waals surface area contributed by atoms with Crippen molar-refractivity contribution in [3.63, 3.8) is 0 Å². The van der Waals surface area contributed by atoms with E-state index in [4.69, 9.17) is 0 Å². The predicted octanol–water partition coefficient (Wildman–Crippen LogP) is 2.25. The third-order valence-electron chi connectivity index (χ3n) is 1.46. The number of nitrogens with zero attached hydrogens (tertiary/aromatic N) is 1. The average Bonchev–Trinajstić information content (AvgIpc) is 2.02. The molecule has 0 spiro atoms. The van der Waals surface area contributed by atoms with E-state index in [1.54, 1.807) is 25.6 Å². The number of hydrogen-bond donors (Lipinski definition) is 1. The first kappa shape index (κ1) is 10.5. The molecule has 3 heteroatoms. The predicted molar refractivity (Wildman–Crippen MR) is 56.0 cm³/mol. The number of hydrogen-bond acceptors (Lipinski definition) is 3. The molecule has 0 aliphatic heterocycles.